The van der Waals surface area contributed by atoms with E-state index in [9.17, 15) is 4.79 Å². The molecule has 0 radical (unpaired) electrons. The Morgan fingerprint density at radius 3 is 2.33 bits per heavy atom. The van der Waals surface area contributed by atoms with Gasteiger partial charge in [-0.25, -0.2) is 4.98 Å². The molecule has 110 valence electrons. The maximum absolute atomic E-state index is 12.2. The highest BCUT2D eigenvalue weighted by molar-refractivity contribution is 6.44. The predicted octanol–water partition coefficient (Wildman–Crippen LogP) is 4.99. The average Bonchev–Trinajstić information content (AvgIpc) is 2.45. The lowest BCUT2D eigenvalue weighted by atomic mass is 10.2. The van der Waals surface area contributed by atoms with Crippen LogP contribution in [0.4, 0.5) is 11.5 Å². The number of halogens is 4. The zero-order valence-corrected chi connectivity index (χ0v) is 13.7. The third kappa shape index (κ3) is 3.71. The minimum Gasteiger partial charge on any atom is -0.373 e. The van der Waals surface area contributed by atoms with Crippen LogP contribution in [-0.2, 0) is 0 Å². The van der Waals surface area contributed by atoms with Gasteiger partial charge in [0.25, 0.3) is 5.91 Å². The van der Waals surface area contributed by atoms with Gasteiger partial charge < -0.3 is 10.6 Å². The fraction of sp³-hybridized carbons (Fsp3) is 0.0769. The number of benzene rings is 1. The number of hydrogen-bond donors (Lipinski definition) is 2. The second-order valence-corrected chi connectivity index (χ2v) is 5.61. The van der Waals surface area contributed by atoms with Crippen LogP contribution in [0.3, 0.4) is 0 Å². The molecule has 0 aliphatic rings. The van der Waals surface area contributed by atoms with Crippen LogP contribution in [0.5, 0.6) is 0 Å². The molecule has 0 bridgehead atoms. The Morgan fingerprint density at radius 2 is 1.67 bits per heavy atom. The van der Waals surface area contributed by atoms with E-state index in [0.29, 0.717) is 16.5 Å². The molecule has 0 spiro atoms. The molecule has 2 aromatic rings. The van der Waals surface area contributed by atoms with E-state index >= 15 is 0 Å². The first kappa shape index (κ1) is 16.2. The topological polar surface area (TPSA) is 54.0 Å². The monoisotopic (exact) mass is 363 g/mol. The number of nitrogens with zero attached hydrogens (tertiary/aromatic N) is 1. The number of pyridine rings is 1. The van der Waals surface area contributed by atoms with Gasteiger partial charge in [0.15, 0.2) is 0 Å². The molecule has 8 heteroatoms. The highest BCUT2D eigenvalue weighted by atomic mass is 35.5. The second-order valence-electron chi connectivity index (χ2n) is 3.98. The summed E-state index contributed by atoms with van der Waals surface area (Å²) in [7, 11) is 1.69. The fourth-order valence-corrected chi connectivity index (χ4v) is 2.33. The van der Waals surface area contributed by atoms with Crippen molar-refractivity contribution >= 4 is 63.8 Å². The zero-order valence-electron chi connectivity index (χ0n) is 10.7. The van der Waals surface area contributed by atoms with Crippen molar-refractivity contribution in [1.29, 1.82) is 0 Å². The van der Waals surface area contributed by atoms with Crippen molar-refractivity contribution in [2.45, 2.75) is 0 Å². The van der Waals surface area contributed by atoms with Gasteiger partial charge in [0.05, 0.1) is 25.8 Å². The predicted molar refractivity (Wildman–Crippen MR) is 88.2 cm³/mol. The lowest BCUT2D eigenvalue weighted by Crippen LogP contribution is -2.15. The highest BCUT2D eigenvalue weighted by Gasteiger charge is 2.15. The molecule has 0 fully saturated rings. The summed E-state index contributed by atoms with van der Waals surface area (Å²) in [6, 6.07) is 6.14. The standard InChI is InChI=1S/C13H9Cl4N3O/c1-18-11-3-2-6(14)12(20-11)13(21)19-10-5-8(16)7(15)4-9(10)17/h2-5H,1H3,(H,18,20)(H,19,21). The molecule has 4 nitrogen and oxygen atoms in total. The van der Waals surface area contributed by atoms with Crippen molar-refractivity contribution in [2.75, 3.05) is 17.7 Å². The summed E-state index contributed by atoms with van der Waals surface area (Å²) < 4.78 is 0. The summed E-state index contributed by atoms with van der Waals surface area (Å²) in [4.78, 5) is 16.3. The molecule has 0 saturated heterocycles. The average molecular weight is 365 g/mol. The minimum absolute atomic E-state index is 0.0747. The molecule has 0 saturated carbocycles. The van der Waals surface area contributed by atoms with E-state index in [-0.39, 0.29) is 20.8 Å². The number of aromatic nitrogens is 1. The Bertz CT molecular complexity index is 706. The number of carbonyl (C=O) groups is 1. The van der Waals surface area contributed by atoms with Gasteiger partial charge in [-0.3, -0.25) is 4.79 Å². The van der Waals surface area contributed by atoms with Crippen molar-refractivity contribution in [3.8, 4) is 0 Å². The summed E-state index contributed by atoms with van der Waals surface area (Å²) in [5, 5.41) is 6.49. The van der Waals surface area contributed by atoms with Crippen LogP contribution in [-0.4, -0.2) is 17.9 Å². The number of hydrogen-bond acceptors (Lipinski definition) is 3. The third-order valence-corrected chi connectivity index (χ3v) is 3.92. The molecule has 1 amide bonds. The van der Waals surface area contributed by atoms with Gasteiger partial charge in [-0.2, -0.15) is 0 Å². The van der Waals surface area contributed by atoms with Crippen LogP contribution in [0, 0.1) is 0 Å². The van der Waals surface area contributed by atoms with Crippen molar-refractivity contribution in [3.05, 3.63) is 50.0 Å². The fourth-order valence-electron chi connectivity index (χ4n) is 1.54. The van der Waals surface area contributed by atoms with E-state index in [0.717, 1.165) is 0 Å². The summed E-state index contributed by atoms with van der Waals surface area (Å²) in [6.45, 7) is 0. The molecule has 1 aromatic heterocycles. The molecule has 0 unspecified atom stereocenters. The van der Waals surface area contributed by atoms with Crippen LogP contribution >= 0.6 is 46.4 Å². The van der Waals surface area contributed by atoms with Crippen molar-refractivity contribution < 1.29 is 4.79 Å². The van der Waals surface area contributed by atoms with Crippen molar-refractivity contribution in [3.63, 3.8) is 0 Å². The molecule has 0 aliphatic carbocycles. The molecule has 0 aliphatic heterocycles. The van der Waals surface area contributed by atoms with E-state index < -0.39 is 5.91 Å². The Labute approximate surface area is 141 Å². The number of carbonyl (C=O) groups excluding carboxylic acids is 1. The first-order chi connectivity index (χ1) is 9.92. The van der Waals surface area contributed by atoms with Gasteiger partial charge in [0, 0.05) is 7.05 Å². The van der Waals surface area contributed by atoms with Crippen molar-refractivity contribution in [2.24, 2.45) is 0 Å². The van der Waals surface area contributed by atoms with E-state index in [1.165, 1.54) is 12.1 Å². The molecular weight excluding hydrogens is 356 g/mol. The lowest BCUT2D eigenvalue weighted by molar-refractivity contribution is 0.102. The lowest BCUT2D eigenvalue weighted by Gasteiger charge is -2.10. The van der Waals surface area contributed by atoms with E-state index in [1.807, 2.05) is 0 Å². The largest absolute Gasteiger partial charge is 0.373 e. The molecule has 0 atom stereocenters. The molecule has 1 heterocycles. The summed E-state index contributed by atoms with van der Waals surface area (Å²) in [5.41, 5.74) is 0.398. The number of nitrogens with one attached hydrogen (secondary N) is 2. The molecule has 2 N–H and O–H groups in total. The molecule has 21 heavy (non-hydrogen) atoms. The summed E-state index contributed by atoms with van der Waals surface area (Å²) in [5.74, 6) is 0.0159. The van der Waals surface area contributed by atoms with Crippen LogP contribution in [0.25, 0.3) is 0 Å². The van der Waals surface area contributed by atoms with Crippen LogP contribution in [0.2, 0.25) is 20.1 Å². The molecular formula is C13H9Cl4N3O. The summed E-state index contributed by atoms with van der Waals surface area (Å²) in [6.07, 6.45) is 0. The van der Waals surface area contributed by atoms with Gasteiger partial charge in [0.1, 0.15) is 11.5 Å². The smallest absolute Gasteiger partial charge is 0.275 e. The Hall–Kier alpha value is -1.20. The number of anilines is 2. The second kappa shape index (κ2) is 6.71. The van der Waals surface area contributed by atoms with E-state index in [1.54, 1.807) is 19.2 Å². The Morgan fingerprint density at radius 1 is 1.00 bits per heavy atom. The first-order valence-corrected chi connectivity index (χ1v) is 7.23. The van der Waals surface area contributed by atoms with Gasteiger partial charge in [0.2, 0.25) is 0 Å². The van der Waals surface area contributed by atoms with Gasteiger partial charge >= 0.3 is 0 Å². The zero-order chi connectivity index (χ0) is 15.6. The molecule has 1 aromatic carbocycles. The van der Waals surface area contributed by atoms with E-state index in [2.05, 4.69) is 15.6 Å². The number of amides is 1. The van der Waals surface area contributed by atoms with Gasteiger partial charge in [-0.05, 0) is 24.3 Å². The maximum Gasteiger partial charge on any atom is 0.275 e. The van der Waals surface area contributed by atoms with Crippen molar-refractivity contribution in [1.82, 2.24) is 4.98 Å². The van der Waals surface area contributed by atoms with Gasteiger partial charge in [-0.15, -0.1) is 0 Å². The Kier molecular flexibility index (Phi) is 5.17. The summed E-state index contributed by atoms with van der Waals surface area (Å²) >= 11 is 23.7. The minimum atomic E-state index is -0.502. The maximum atomic E-state index is 12.2. The quantitative estimate of drug-likeness (QED) is 0.754. The van der Waals surface area contributed by atoms with Crippen LogP contribution in [0.15, 0.2) is 24.3 Å². The highest BCUT2D eigenvalue weighted by Crippen LogP contribution is 2.32. The van der Waals surface area contributed by atoms with Gasteiger partial charge in [-0.1, -0.05) is 46.4 Å². The van der Waals surface area contributed by atoms with Crippen LogP contribution in [0.1, 0.15) is 10.5 Å². The molecule has 2 rings (SSSR count). The number of rotatable bonds is 3. The normalized spacial score (nSPS) is 10.3. The first-order valence-electron chi connectivity index (χ1n) is 5.72. The SMILES string of the molecule is CNc1ccc(Cl)c(C(=O)Nc2cc(Cl)c(Cl)cc2Cl)n1. The van der Waals surface area contributed by atoms with Crippen LogP contribution < -0.4 is 10.6 Å². The van der Waals surface area contributed by atoms with E-state index in [4.69, 9.17) is 46.4 Å². The Balaban J connectivity index is 2.32. The third-order valence-electron chi connectivity index (χ3n) is 2.58.